The lowest BCUT2D eigenvalue weighted by molar-refractivity contribution is -0.142. The van der Waals surface area contributed by atoms with Gasteiger partial charge < -0.3 is 10.2 Å². The predicted octanol–water partition coefficient (Wildman–Crippen LogP) is 1.96. The molecule has 0 unspecified atom stereocenters. The summed E-state index contributed by atoms with van der Waals surface area (Å²) in [6, 6.07) is -0.0740. The Hall–Kier alpha value is -2.46. The zero-order valence-electron chi connectivity index (χ0n) is 9.63. The maximum Gasteiger partial charge on any atom is 0.417 e. The predicted molar refractivity (Wildman–Crippen MR) is 56.0 cm³/mol. The summed E-state index contributed by atoms with van der Waals surface area (Å²) in [5.41, 5.74) is -7.89. The third kappa shape index (κ3) is 2.45. The van der Waals surface area contributed by atoms with Crippen molar-refractivity contribution in [2.75, 3.05) is 0 Å². The minimum Gasteiger partial charge on any atom is -0.421 e. The van der Waals surface area contributed by atoms with Crippen LogP contribution in [-0.4, -0.2) is 14.9 Å². The summed E-state index contributed by atoms with van der Waals surface area (Å²) >= 11 is 0. The van der Waals surface area contributed by atoms with E-state index in [-0.39, 0.29) is 12.1 Å². The Morgan fingerprint density at radius 2 is 1.57 bits per heavy atom. The normalized spacial score (nSPS) is 12.9. The molecule has 0 spiro atoms. The fourth-order valence-corrected chi connectivity index (χ4v) is 1.72. The van der Waals surface area contributed by atoms with Crippen molar-refractivity contribution in [3.8, 4) is 0 Å². The molecule has 1 aromatic heterocycles. The summed E-state index contributed by atoms with van der Waals surface area (Å²) in [6.45, 7) is 0. The van der Waals surface area contributed by atoms with Gasteiger partial charge in [0.1, 0.15) is 0 Å². The molecular formula is C10H4F6N2O3. The SMILES string of the molecule is O=c1[nH]c2cc(C(F)(F)F)cc(C(F)(F)F)c2c(=O)n1O. The molecule has 0 aliphatic heterocycles. The molecule has 0 saturated heterocycles. The van der Waals surface area contributed by atoms with Crippen molar-refractivity contribution in [1.29, 1.82) is 0 Å². The van der Waals surface area contributed by atoms with E-state index in [2.05, 4.69) is 0 Å². The van der Waals surface area contributed by atoms with Gasteiger partial charge in [0.15, 0.2) is 0 Å². The lowest BCUT2D eigenvalue weighted by Crippen LogP contribution is -2.34. The first-order valence-electron chi connectivity index (χ1n) is 5.09. The maximum atomic E-state index is 12.8. The Bertz CT molecular complexity index is 830. The molecule has 1 heterocycles. The number of nitrogens with zero attached hydrogens (tertiary/aromatic N) is 1. The largest absolute Gasteiger partial charge is 0.421 e. The van der Waals surface area contributed by atoms with Crippen molar-refractivity contribution in [2.45, 2.75) is 12.4 Å². The molecule has 0 atom stereocenters. The van der Waals surface area contributed by atoms with Gasteiger partial charge in [-0.2, -0.15) is 26.3 Å². The minimum absolute atomic E-state index is 0.188. The summed E-state index contributed by atoms with van der Waals surface area (Å²) in [7, 11) is 0. The fourth-order valence-electron chi connectivity index (χ4n) is 1.72. The lowest BCUT2D eigenvalue weighted by Gasteiger charge is -2.14. The third-order valence-corrected chi connectivity index (χ3v) is 2.61. The highest BCUT2D eigenvalue weighted by molar-refractivity contribution is 5.82. The molecule has 2 aromatic rings. The molecule has 11 heteroatoms. The Kier molecular flexibility index (Phi) is 3.03. The molecule has 114 valence electrons. The Labute approximate surface area is 110 Å². The number of halogens is 6. The van der Waals surface area contributed by atoms with Crippen molar-refractivity contribution in [3.63, 3.8) is 0 Å². The van der Waals surface area contributed by atoms with Crippen molar-refractivity contribution in [1.82, 2.24) is 9.71 Å². The standard InChI is InChI=1S/C10H4F6N2O3/c11-9(12,13)3-1-4(10(14,15)16)6-5(2-3)17-8(20)18(21)7(6)19/h1-2,21H,(H,17,20). The van der Waals surface area contributed by atoms with Crippen LogP contribution in [0.5, 0.6) is 0 Å². The first-order chi connectivity index (χ1) is 9.43. The van der Waals surface area contributed by atoms with Gasteiger partial charge in [0.2, 0.25) is 0 Å². The first kappa shape index (κ1) is 14.9. The number of aromatic nitrogens is 2. The molecule has 0 fully saturated rings. The summed E-state index contributed by atoms with van der Waals surface area (Å²) in [5.74, 6) is 0. The van der Waals surface area contributed by atoms with Crippen LogP contribution >= 0.6 is 0 Å². The fraction of sp³-hybridized carbons (Fsp3) is 0.200. The second kappa shape index (κ2) is 4.27. The van der Waals surface area contributed by atoms with E-state index in [1.54, 1.807) is 4.98 Å². The van der Waals surface area contributed by atoms with Crippen molar-refractivity contribution < 1.29 is 31.5 Å². The van der Waals surface area contributed by atoms with Gasteiger partial charge in [-0.3, -0.25) is 4.79 Å². The van der Waals surface area contributed by atoms with Crippen LogP contribution in [0.25, 0.3) is 10.9 Å². The number of hydrogen-bond donors (Lipinski definition) is 2. The number of hydrogen-bond acceptors (Lipinski definition) is 3. The summed E-state index contributed by atoms with van der Waals surface area (Å²) < 4.78 is 75.5. The maximum absolute atomic E-state index is 12.8. The lowest BCUT2D eigenvalue weighted by atomic mass is 10.0. The van der Waals surface area contributed by atoms with Crippen LogP contribution in [0.2, 0.25) is 0 Å². The van der Waals surface area contributed by atoms with Gasteiger partial charge in [0, 0.05) is 0 Å². The molecule has 2 rings (SSSR count). The average molecular weight is 314 g/mol. The van der Waals surface area contributed by atoms with Crippen LogP contribution in [0, 0.1) is 0 Å². The van der Waals surface area contributed by atoms with Crippen molar-refractivity contribution >= 4 is 10.9 Å². The molecule has 1 aromatic carbocycles. The van der Waals surface area contributed by atoms with Gasteiger partial charge in [0.25, 0.3) is 5.56 Å². The summed E-state index contributed by atoms with van der Waals surface area (Å²) in [4.78, 5) is 24.1. The topological polar surface area (TPSA) is 75.1 Å². The number of benzene rings is 1. The Morgan fingerprint density at radius 3 is 2.05 bits per heavy atom. The number of fused-ring (bicyclic) bond motifs is 1. The Balaban J connectivity index is 3.07. The van der Waals surface area contributed by atoms with E-state index in [9.17, 15) is 35.9 Å². The quantitative estimate of drug-likeness (QED) is 0.576. The molecule has 0 saturated carbocycles. The minimum atomic E-state index is -5.29. The molecule has 5 nitrogen and oxygen atoms in total. The van der Waals surface area contributed by atoms with E-state index in [0.717, 1.165) is 0 Å². The number of alkyl halides is 6. The van der Waals surface area contributed by atoms with E-state index < -0.39 is 50.4 Å². The van der Waals surface area contributed by atoms with Gasteiger partial charge >= 0.3 is 18.0 Å². The van der Waals surface area contributed by atoms with Crippen LogP contribution in [0.1, 0.15) is 11.1 Å². The summed E-state index contributed by atoms with van der Waals surface area (Å²) in [6.07, 6.45) is -10.4. The highest BCUT2D eigenvalue weighted by atomic mass is 19.4. The average Bonchev–Trinajstić information content (AvgIpc) is 2.32. The smallest absolute Gasteiger partial charge is 0.417 e. The van der Waals surface area contributed by atoms with E-state index in [1.165, 1.54) is 0 Å². The zero-order valence-corrected chi connectivity index (χ0v) is 9.63. The van der Waals surface area contributed by atoms with Gasteiger partial charge in [-0.05, 0) is 12.1 Å². The van der Waals surface area contributed by atoms with Gasteiger partial charge in [-0.15, -0.1) is 0 Å². The number of rotatable bonds is 0. The molecule has 2 N–H and O–H groups in total. The van der Waals surface area contributed by atoms with Crippen LogP contribution in [-0.2, 0) is 12.4 Å². The second-order valence-corrected chi connectivity index (χ2v) is 3.99. The molecule has 0 amide bonds. The van der Waals surface area contributed by atoms with E-state index in [4.69, 9.17) is 5.21 Å². The van der Waals surface area contributed by atoms with E-state index >= 15 is 0 Å². The van der Waals surface area contributed by atoms with Crippen LogP contribution in [0.4, 0.5) is 26.3 Å². The number of aromatic amines is 1. The molecule has 0 radical (unpaired) electrons. The van der Waals surface area contributed by atoms with Crippen molar-refractivity contribution in [3.05, 3.63) is 44.1 Å². The Morgan fingerprint density at radius 1 is 1.00 bits per heavy atom. The van der Waals surface area contributed by atoms with E-state index in [0.29, 0.717) is 0 Å². The molecule has 0 aliphatic rings. The molecular weight excluding hydrogens is 310 g/mol. The monoisotopic (exact) mass is 314 g/mol. The molecule has 21 heavy (non-hydrogen) atoms. The number of nitrogens with one attached hydrogen (secondary N) is 1. The zero-order chi connectivity index (χ0) is 16.2. The molecule has 0 bridgehead atoms. The van der Waals surface area contributed by atoms with Gasteiger partial charge in [-0.1, -0.05) is 4.73 Å². The third-order valence-electron chi connectivity index (χ3n) is 2.61. The second-order valence-electron chi connectivity index (χ2n) is 3.99. The van der Waals surface area contributed by atoms with Crippen LogP contribution in [0.15, 0.2) is 21.7 Å². The highest BCUT2D eigenvalue weighted by Gasteiger charge is 2.39. The molecule has 0 aliphatic carbocycles. The van der Waals surface area contributed by atoms with Crippen molar-refractivity contribution in [2.24, 2.45) is 0 Å². The van der Waals surface area contributed by atoms with Crippen LogP contribution < -0.4 is 11.2 Å². The van der Waals surface area contributed by atoms with Crippen LogP contribution in [0.3, 0.4) is 0 Å². The van der Waals surface area contributed by atoms with Gasteiger partial charge in [-0.25, -0.2) is 4.79 Å². The first-order valence-corrected chi connectivity index (χ1v) is 5.09. The van der Waals surface area contributed by atoms with Gasteiger partial charge in [0.05, 0.1) is 22.0 Å². The number of H-pyrrole nitrogens is 1. The summed E-state index contributed by atoms with van der Waals surface area (Å²) in [5, 5.41) is 7.73. The van der Waals surface area contributed by atoms with E-state index in [1.807, 2.05) is 0 Å². The highest BCUT2D eigenvalue weighted by Crippen LogP contribution is 2.38.